The SMILES string of the molecule is C#CC(=O)N(c1ccn(-c2cc(OC)cc(OC)c2)n1)C1(C(=O)O)CCCCC1. The van der Waals surface area contributed by atoms with Crippen molar-refractivity contribution in [2.75, 3.05) is 19.1 Å². The Morgan fingerprint density at radius 3 is 2.31 bits per heavy atom. The third kappa shape index (κ3) is 3.76. The average Bonchev–Trinajstić information content (AvgIpc) is 3.23. The minimum Gasteiger partial charge on any atom is -0.497 e. The standard InChI is InChI=1S/C21H23N3O5/c1-4-19(25)24(21(20(26)27)9-6-5-7-10-21)18-8-11-23(22-18)15-12-16(28-2)14-17(13-15)29-3/h1,8,11-14H,5-7,9-10H2,2-3H3,(H,26,27). The molecular formula is C21H23N3O5. The summed E-state index contributed by atoms with van der Waals surface area (Å²) in [6.07, 6.45) is 9.99. The van der Waals surface area contributed by atoms with Crippen LogP contribution in [0.5, 0.6) is 11.5 Å². The zero-order valence-corrected chi connectivity index (χ0v) is 16.4. The fraction of sp³-hybridized carbons (Fsp3) is 0.381. The zero-order chi connectivity index (χ0) is 21.0. The van der Waals surface area contributed by atoms with Gasteiger partial charge in [0.25, 0.3) is 0 Å². The number of rotatable bonds is 6. The fourth-order valence-corrected chi connectivity index (χ4v) is 3.75. The van der Waals surface area contributed by atoms with Crippen molar-refractivity contribution >= 4 is 17.7 Å². The van der Waals surface area contributed by atoms with Gasteiger partial charge in [-0.3, -0.25) is 9.69 Å². The summed E-state index contributed by atoms with van der Waals surface area (Å²) in [6.45, 7) is 0. The number of carbonyl (C=O) groups excluding carboxylic acids is 1. The number of hydrogen-bond donors (Lipinski definition) is 1. The normalized spacial score (nSPS) is 15.2. The molecule has 1 N–H and O–H groups in total. The van der Waals surface area contributed by atoms with Crippen LogP contribution in [0, 0.1) is 12.3 Å². The molecule has 0 atom stereocenters. The van der Waals surface area contributed by atoms with E-state index in [1.807, 2.05) is 0 Å². The van der Waals surface area contributed by atoms with Crippen LogP contribution >= 0.6 is 0 Å². The molecule has 0 unspecified atom stereocenters. The van der Waals surface area contributed by atoms with Crippen LogP contribution in [-0.2, 0) is 9.59 Å². The summed E-state index contributed by atoms with van der Waals surface area (Å²) in [6, 6.07) is 6.81. The number of benzene rings is 1. The predicted molar refractivity (Wildman–Crippen MR) is 106 cm³/mol. The lowest BCUT2D eigenvalue weighted by atomic mass is 9.80. The van der Waals surface area contributed by atoms with Crippen molar-refractivity contribution in [1.29, 1.82) is 0 Å². The van der Waals surface area contributed by atoms with Gasteiger partial charge in [0.15, 0.2) is 5.82 Å². The van der Waals surface area contributed by atoms with Gasteiger partial charge in [-0.1, -0.05) is 19.3 Å². The molecule has 152 valence electrons. The molecular weight excluding hydrogens is 374 g/mol. The lowest BCUT2D eigenvalue weighted by Gasteiger charge is -2.40. The Hall–Kier alpha value is -3.47. The Kier molecular flexibility index (Phi) is 5.78. The Morgan fingerprint density at radius 1 is 1.17 bits per heavy atom. The lowest BCUT2D eigenvalue weighted by molar-refractivity contribution is -0.146. The first-order valence-electron chi connectivity index (χ1n) is 9.28. The Morgan fingerprint density at radius 2 is 1.79 bits per heavy atom. The maximum Gasteiger partial charge on any atom is 0.330 e. The van der Waals surface area contributed by atoms with Crippen LogP contribution in [0.15, 0.2) is 30.5 Å². The molecule has 0 spiro atoms. The van der Waals surface area contributed by atoms with E-state index in [4.69, 9.17) is 15.9 Å². The molecule has 29 heavy (non-hydrogen) atoms. The second-order valence-corrected chi connectivity index (χ2v) is 6.87. The highest BCUT2D eigenvalue weighted by Crippen LogP contribution is 2.37. The van der Waals surface area contributed by atoms with Crippen molar-refractivity contribution in [2.24, 2.45) is 0 Å². The molecule has 1 heterocycles. The summed E-state index contributed by atoms with van der Waals surface area (Å²) in [5, 5.41) is 14.5. The number of anilines is 1. The molecule has 1 saturated carbocycles. The van der Waals surface area contributed by atoms with E-state index in [-0.39, 0.29) is 5.82 Å². The topological polar surface area (TPSA) is 93.9 Å². The number of hydrogen-bond acceptors (Lipinski definition) is 5. The number of aromatic nitrogens is 2. The van der Waals surface area contributed by atoms with Gasteiger partial charge < -0.3 is 14.6 Å². The quantitative estimate of drug-likeness (QED) is 0.753. The number of aliphatic carboxylic acids is 1. The van der Waals surface area contributed by atoms with Gasteiger partial charge in [0, 0.05) is 30.5 Å². The van der Waals surface area contributed by atoms with Crippen LogP contribution in [-0.4, -0.2) is 46.5 Å². The largest absolute Gasteiger partial charge is 0.497 e. The molecule has 1 amide bonds. The highest BCUT2D eigenvalue weighted by Gasteiger charge is 2.48. The van der Waals surface area contributed by atoms with Crippen molar-refractivity contribution in [2.45, 2.75) is 37.6 Å². The summed E-state index contributed by atoms with van der Waals surface area (Å²) in [4.78, 5) is 26.0. The van der Waals surface area contributed by atoms with E-state index in [1.54, 1.807) is 44.7 Å². The number of carboxylic acids is 1. The Labute approximate surface area is 169 Å². The summed E-state index contributed by atoms with van der Waals surface area (Å²) in [7, 11) is 3.08. The first-order chi connectivity index (χ1) is 13.9. The molecule has 8 heteroatoms. The number of terminal acetylenes is 1. The van der Waals surface area contributed by atoms with E-state index in [1.165, 1.54) is 4.68 Å². The third-order valence-electron chi connectivity index (χ3n) is 5.24. The maximum absolute atomic E-state index is 12.6. The van der Waals surface area contributed by atoms with E-state index in [0.717, 1.165) is 11.3 Å². The predicted octanol–water partition coefficient (Wildman–Crippen LogP) is 2.64. The van der Waals surface area contributed by atoms with Crippen LogP contribution < -0.4 is 14.4 Å². The smallest absolute Gasteiger partial charge is 0.330 e. The van der Waals surface area contributed by atoms with E-state index in [9.17, 15) is 14.7 Å². The fourth-order valence-electron chi connectivity index (χ4n) is 3.75. The second-order valence-electron chi connectivity index (χ2n) is 6.87. The maximum atomic E-state index is 12.6. The molecule has 2 aromatic rings. The average molecular weight is 397 g/mol. The van der Waals surface area contributed by atoms with Crippen molar-refractivity contribution in [3.05, 3.63) is 30.5 Å². The summed E-state index contributed by atoms with van der Waals surface area (Å²) in [5.41, 5.74) is -0.763. The van der Waals surface area contributed by atoms with E-state index in [2.05, 4.69) is 11.0 Å². The first-order valence-corrected chi connectivity index (χ1v) is 9.28. The van der Waals surface area contributed by atoms with Gasteiger partial charge in [0.2, 0.25) is 0 Å². The van der Waals surface area contributed by atoms with Crippen LogP contribution in [0.2, 0.25) is 0 Å². The van der Waals surface area contributed by atoms with Gasteiger partial charge in [-0.05, 0) is 18.8 Å². The number of nitrogens with zero attached hydrogens (tertiary/aromatic N) is 3. The molecule has 1 aromatic heterocycles. The Bertz CT molecular complexity index is 931. The number of carboxylic acid groups (broad SMARTS) is 1. The van der Waals surface area contributed by atoms with E-state index < -0.39 is 17.4 Å². The molecule has 1 aromatic carbocycles. The van der Waals surface area contributed by atoms with Crippen LogP contribution in [0.3, 0.4) is 0 Å². The van der Waals surface area contributed by atoms with Crippen molar-refractivity contribution in [3.8, 4) is 29.5 Å². The number of methoxy groups -OCH3 is 2. The van der Waals surface area contributed by atoms with E-state index in [0.29, 0.717) is 42.9 Å². The highest BCUT2D eigenvalue weighted by molar-refractivity contribution is 6.09. The van der Waals surface area contributed by atoms with Crippen LogP contribution in [0.1, 0.15) is 32.1 Å². The Balaban J connectivity index is 2.07. The summed E-state index contributed by atoms with van der Waals surface area (Å²) in [5.74, 6) is 1.61. The van der Waals surface area contributed by atoms with Gasteiger partial charge in [-0.15, -0.1) is 11.5 Å². The van der Waals surface area contributed by atoms with Crippen LogP contribution in [0.4, 0.5) is 5.82 Å². The van der Waals surface area contributed by atoms with Gasteiger partial charge in [-0.25, -0.2) is 9.48 Å². The van der Waals surface area contributed by atoms with Crippen LogP contribution in [0.25, 0.3) is 5.69 Å². The van der Waals surface area contributed by atoms with Crippen molar-refractivity contribution < 1.29 is 24.2 Å². The minimum absolute atomic E-state index is 0.194. The molecule has 0 bridgehead atoms. The molecule has 1 aliphatic carbocycles. The molecule has 3 rings (SSSR count). The molecule has 0 radical (unpaired) electrons. The summed E-state index contributed by atoms with van der Waals surface area (Å²) >= 11 is 0. The van der Waals surface area contributed by atoms with Crippen molar-refractivity contribution in [3.63, 3.8) is 0 Å². The number of ether oxygens (including phenoxy) is 2. The number of carbonyl (C=O) groups is 2. The van der Waals surface area contributed by atoms with Gasteiger partial charge in [-0.2, -0.15) is 0 Å². The molecule has 0 aliphatic heterocycles. The minimum atomic E-state index is -1.40. The molecule has 0 saturated heterocycles. The van der Waals surface area contributed by atoms with Crippen molar-refractivity contribution in [1.82, 2.24) is 9.78 Å². The highest BCUT2D eigenvalue weighted by atomic mass is 16.5. The van der Waals surface area contributed by atoms with Gasteiger partial charge >= 0.3 is 11.9 Å². The molecule has 1 aliphatic rings. The second kappa shape index (κ2) is 8.27. The zero-order valence-electron chi connectivity index (χ0n) is 16.4. The van der Waals surface area contributed by atoms with E-state index >= 15 is 0 Å². The monoisotopic (exact) mass is 397 g/mol. The third-order valence-corrected chi connectivity index (χ3v) is 5.24. The first kappa shape index (κ1) is 20.3. The summed E-state index contributed by atoms with van der Waals surface area (Å²) < 4.78 is 12.1. The van der Waals surface area contributed by atoms with Gasteiger partial charge in [0.05, 0.1) is 19.9 Å². The number of amides is 1. The molecule has 8 nitrogen and oxygen atoms in total. The van der Waals surface area contributed by atoms with Gasteiger partial charge in [0.1, 0.15) is 17.0 Å². The lowest BCUT2D eigenvalue weighted by Crippen LogP contribution is -2.58. The molecule has 1 fully saturated rings.